The van der Waals surface area contributed by atoms with Crippen molar-refractivity contribution in [2.75, 3.05) is 26.2 Å². The summed E-state index contributed by atoms with van der Waals surface area (Å²) in [5.41, 5.74) is 6.20. The molecule has 3 heterocycles. The molecule has 0 aromatic carbocycles. The summed E-state index contributed by atoms with van der Waals surface area (Å²) in [6, 6.07) is 0.553. The number of nitrogens with zero attached hydrogens (tertiary/aromatic N) is 5. The lowest BCUT2D eigenvalue weighted by molar-refractivity contribution is -0.131. The van der Waals surface area contributed by atoms with E-state index in [-0.39, 0.29) is 12.5 Å². The van der Waals surface area contributed by atoms with E-state index in [0.717, 1.165) is 19.5 Å². The van der Waals surface area contributed by atoms with Crippen molar-refractivity contribution in [2.24, 2.45) is 5.73 Å². The van der Waals surface area contributed by atoms with Crippen LogP contribution in [0.3, 0.4) is 0 Å². The number of rotatable bonds is 4. The first-order chi connectivity index (χ1) is 9.76. The predicted molar refractivity (Wildman–Crippen MR) is 73.7 cm³/mol. The molecular formula is C13H22N6O. The summed E-state index contributed by atoms with van der Waals surface area (Å²) < 4.78 is 1.58. The predicted octanol–water partition coefficient (Wildman–Crippen LogP) is -0.566. The number of amides is 1. The molecule has 1 amide bonds. The van der Waals surface area contributed by atoms with Crippen molar-refractivity contribution in [1.82, 2.24) is 24.8 Å². The Labute approximate surface area is 118 Å². The van der Waals surface area contributed by atoms with E-state index in [9.17, 15) is 4.79 Å². The van der Waals surface area contributed by atoms with Crippen LogP contribution in [0.5, 0.6) is 0 Å². The van der Waals surface area contributed by atoms with Gasteiger partial charge in [0, 0.05) is 25.7 Å². The molecule has 2 fully saturated rings. The van der Waals surface area contributed by atoms with E-state index in [2.05, 4.69) is 15.2 Å². The minimum absolute atomic E-state index is 0.125. The van der Waals surface area contributed by atoms with E-state index in [1.54, 1.807) is 10.9 Å². The van der Waals surface area contributed by atoms with E-state index in [1.165, 1.54) is 25.9 Å². The van der Waals surface area contributed by atoms with Crippen LogP contribution in [0.2, 0.25) is 0 Å². The van der Waals surface area contributed by atoms with Crippen LogP contribution in [0.15, 0.2) is 6.20 Å². The van der Waals surface area contributed by atoms with E-state index in [1.807, 2.05) is 4.90 Å². The van der Waals surface area contributed by atoms with Crippen molar-refractivity contribution in [3.05, 3.63) is 11.9 Å². The van der Waals surface area contributed by atoms with Gasteiger partial charge in [-0.1, -0.05) is 5.21 Å². The molecule has 110 valence electrons. The number of nitrogens with two attached hydrogens (primary N) is 1. The average molecular weight is 278 g/mol. The van der Waals surface area contributed by atoms with Crippen LogP contribution in [-0.4, -0.2) is 62.9 Å². The minimum atomic E-state index is 0.125. The highest BCUT2D eigenvalue weighted by Gasteiger charge is 2.31. The number of carbonyl (C=O) groups is 1. The lowest BCUT2D eigenvalue weighted by atomic mass is 10.2. The molecule has 2 saturated heterocycles. The second kappa shape index (κ2) is 5.88. The Hall–Kier alpha value is -1.47. The molecule has 1 atom stereocenters. The van der Waals surface area contributed by atoms with Crippen LogP contribution in [0.4, 0.5) is 0 Å². The molecule has 0 spiro atoms. The lowest BCUT2D eigenvalue weighted by Gasteiger charge is -2.23. The Kier molecular flexibility index (Phi) is 3.98. The van der Waals surface area contributed by atoms with Gasteiger partial charge in [0.2, 0.25) is 5.91 Å². The monoisotopic (exact) mass is 278 g/mol. The highest BCUT2D eigenvalue weighted by Crippen LogP contribution is 2.20. The molecule has 1 aromatic heterocycles. The van der Waals surface area contributed by atoms with Crippen LogP contribution in [0, 0.1) is 0 Å². The molecule has 2 N–H and O–H groups in total. The fraction of sp³-hybridized carbons (Fsp3) is 0.769. The maximum absolute atomic E-state index is 12.3. The number of likely N-dealkylation sites (tertiary alicyclic amines) is 2. The number of aromatic nitrogens is 3. The van der Waals surface area contributed by atoms with E-state index in [0.29, 0.717) is 18.3 Å². The van der Waals surface area contributed by atoms with Crippen LogP contribution in [-0.2, 0) is 17.9 Å². The summed E-state index contributed by atoms with van der Waals surface area (Å²) in [4.78, 5) is 16.7. The van der Waals surface area contributed by atoms with Gasteiger partial charge in [-0.2, -0.15) is 0 Å². The van der Waals surface area contributed by atoms with Crippen LogP contribution >= 0.6 is 0 Å². The summed E-state index contributed by atoms with van der Waals surface area (Å²) in [6.45, 7) is 4.72. The molecule has 0 aliphatic carbocycles. The van der Waals surface area contributed by atoms with Crippen LogP contribution < -0.4 is 5.73 Å². The lowest BCUT2D eigenvalue weighted by Crippen LogP contribution is -2.38. The van der Waals surface area contributed by atoms with Gasteiger partial charge < -0.3 is 10.6 Å². The SMILES string of the molecule is NCc1cn(CC(=O)N2CCC(N3CCCC3)C2)nn1. The van der Waals surface area contributed by atoms with Crippen molar-refractivity contribution in [1.29, 1.82) is 0 Å². The molecular weight excluding hydrogens is 256 g/mol. The molecule has 1 unspecified atom stereocenters. The maximum Gasteiger partial charge on any atom is 0.244 e. The third kappa shape index (κ3) is 2.83. The van der Waals surface area contributed by atoms with Gasteiger partial charge in [0.1, 0.15) is 6.54 Å². The van der Waals surface area contributed by atoms with Crippen molar-refractivity contribution < 1.29 is 4.79 Å². The summed E-state index contributed by atoms with van der Waals surface area (Å²) in [5.74, 6) is 0.125. The second-order valence-electron chi connectivity index (χ2n) is 5.64. The Bertz CT molecular complexity index is 467. The number of hydrogen-bond donors (Lipinski definition) is 1. The van der Waals surface area contributed by atoms with Gasteiger partial charge in [-0.05, 0) is 32.4 Å². The zero-order valence-electron chi connectivity index (χ0n) is 11.7. The van der Waals surface area contributed by atoms with Gasteiger partial charge >= 0.3 is 0 Å². The third-order valence-electron chi connectivity index (χ3n) is 4.27. The van der Waals surface area contributed by atoms with Crippen LogP contribution in [0.1, 0.15) is 25.0 Å². The van der Waals surface area contributed by atoms with E-state index in [4.69, 9.17) is 5.73 Å². The van der Waals surface area contributed by atoms with Crippen molar-refractivity contribution in [3.63, 3.8) is 0 Å². The first-order valence-electron chi connectivity index (χ1n) is 7.37. The summed E-state index contributed by atoms with van der Waals surface area (Å²) in [5, 5.41) is 7.82. The third-order valence-corrected chi connectivity index (χ3v) is 4.27. The topological polar surface area (TPSA) is 80.3 Å². The second-order valence-corrected chi connectivity index (χ2v) is 5.64. The Morgan fingerprint density at radius 3 is 2.85 bits per heavy atom. The Balaban J connectivity index is 1.53. The molecule has 7 nitrogen and oxygen atoms in total. The highest BCUT2D eigenvalue weighted by atomic mass is 16.2. The molecule has 1 aromatic rings. The van der Waals surface area contributed by atoms with E-state index < -0.39 is 0 Å². The minimum Gasteiger partial charge on any atom is -0.339 e. The first kappa shape index (κ1) is 13.5. The van der Waals surface area contributed by atoms with Gasteiger partial charge in [-0.15, -0.1) is 5.10 Å². The summed E-state index contributed by atoms with van der Waals surface area (Å²) in [6.07, 6.45) is 5.43. The zero-order valence-corrected chi connectivity index (χ0v) is 11.7. The molecule has 0 saturated carbocycles. The molecule has 0 radical (unpaired) electrons. The Morgan fingerprint density at radius 1 is 1.35 bits per heavy atom. The highest BCUT2D eigenvalue weighted by molar-refractivity contribution is 5.76. The smallest absolute Gasteiger partial charge is 0.244 e. The standard InChI is InChI=1S/C13H22N6O/c14-7-11-8-19(16-15-11)10-13(20)18-6-3-12(9-18)17-4-1-2-5-17/h8,12H,1-7,9-10,14H2. The molecule has 7 heteroatoms. The van der Waals surface area contributed by atoms with Gasteiger partial charge in [-0.25, -0.2) is 4.68 Å². The molecule has 2 aliphatic rings. The molecule has 3 rings (SSSR count). The number of hydrogen-bond acceptors (Lipinski definition) is 5. The summed E-state index contributed by atoms with van der Waals surface area (Å²) in [7, 11) is 0. The van der Waals surface area contributed by atoms with Gasteiger partial charge in [0.05, 0.1) is 11.9 Å². The van der Waals surface area contributed by atoms with Crippen LogP contribution in [0.25, 0.3) is 0 Å². The van der Waals surface area contributed by atoms with Gasteiger partial charge in [0.25, 0.3) is 0 Å². The molecule has 20 heavy (non-hydrogen) atoms. The van der Waals surface area contributed by atoms with Gasteiger partial charge in [-0.3, -0.25) is 9.69 Å². The zero-order chi connectivity index (χ0) is 13.9. The average Bonchev–Trinajstić information content (AvgIpc) is 3.19. The van der Waals surface area contributed by atoms with E-state index >= 15 is 0 Å². The molecule has 2 aliphatic heterocycles. The van der Waals surface area contributed by atoms with Crippen molar-refractivity contribution in [2.45, 2.75) is 38.4 Å². The first-order valence-corrected chi connectivity index (χ1v) is 7.37. The van der Waals surface area contributed by atoms with Crippen molar-refractivity contribution >= 4 is 5.91 Å². The Morgan fingerprint density at radius 2 is 2.15 bits per heavy atom. The molecule has 0 bridgehead atoms. The number of carbonyl (C=O) groups excluding carboxylic acids is 1. The normalized spacial score (nSPS) is 23.6. The van der Waals surface area contributed by atoms with Gasteiger partial charge in [0.15, 0.2) is 0 Å². The fourth-order valence-corrected chi connectivity index (χ4v) is 3.12. The maximum atomic E-state index is 12.3. The van der Waals surface area contributed by atoms with Crippen molar-refractivity contribution in [3.8, 4) is 0 Å². The fourth-order valence-electron chi connectivity index (χ4n) is 3.12. The summed E-state index contributed by atoms with van der Waals surface area (Å²) >= 11 is 0. The largest absolute Gasteiger partial charge is 0.339 e. The quantitative estimate of drug-likeness (QED) is 0.798.